The fourth-order valence-electron chi connectivity index (χ4n) is 3.22. The van der Waals surface area contributed by atoms with Crippen molar-refractivity contribution < 1.29 is 9.53 Å². The predicted octanol–water partition coefficient (Wildman–Crippen LogP) is 5.83. The van der Waals surface area contributed by atoms with E-state index in [1.54, 1.807) is 12.3 Å². The Labute approximate surface area is 188 Å². The Morgan fingerprint density at radius 1 is 1.06 bits per heavy atom. The predicted molar refractivity (Wildman–Crippen MR) is 128 cm³/mol. The molecule has 0 saturated carbocycles. The van der Waals surface area contributed by atoms with Crippen molar-refractivity contribution in [3.8, 4) is 17.0 Å². The summed E-state index contributed by atoms with van der Waals surface area (Å²) in [5.74, 6) is 0.470. The SMILES string of the molecule is CCOc1ccc(/C=N/NC(=O)c2cc(-c3ccccc3)nc3ccccc23)cc1Br. The van der Waals surface area contributed by atoms with Gasteiger partial charge >= 0.3 is 0 Å². The van der Waals surface area contributed by atoms with E-state index in [9.17, 15) is 4.79 Å². The van der Waals surface area contributed by atoms with Crippen molar-refractivity contribution in [1.82, 2.24) is 10.4 Å². The standard InChI is InChI=1S/C25H20BrN3O2/c1-2-31-24-13-12-17(14-21(24)26)16-27-29-25(30)20-15-23(18-8-4-3-5-9-18)28-22-11-7-6-10-19(20)22/h3-16H,2H2,1H3,(H,29,30)/b27-16+. The van der Waals surface area contributed by atoms with Gasteiger partial charge in [-0.1, -0.05) is 48.5 Å². The highest BCUT2D eigenvalue weighted by atomic mass is 79.9. The van der Waals surface area contributed by atoms with Crippen LogP contribution in [0.15, 0.2) is 88.4 Å². The van der Waals surface area contributed by atoms with Crippen LogP contribution in [0.4, 0.5) is 0 Å². The van der Waals surface area contributed by atoms with Gasteiger partial charge in [0.15, 0.2) is 0 Å². The Morgan fingerprint density at radius 2 is 1.84 bits per heavy atom. The molecular weight excluding hydrogens is 454 g/mol. The third-order valence-corrected chi connectivity index (χ3v) is 5.29. The molecule has 6 heteroatoms. The summed E-state index contributed by atoms with van der Waals surface area (Å²) >= 11 is 3.48. The van der Waals surface area contributed by atoms with Gasteiger partial charge in [0.2, 0.25) is 0 Å². The Bertz CT molecular complexity index is 1260. The molecule has 0 radical (unpaired) electrons. The number of carbonyl (C=O) groups excluding carboxylic acids is 1. The second kappa shape index (κ2) is 9.53. The van der Waals surface area contributed by atoms with Gasteiger partial charge in [0.1, 0.15) is 5.75 Å². The van der Waals surface area contributed by atoms with E-state index in [-0.39, 0.29) is 5.91 Å². The molecule has 0 aliphatic carbocycles. The molecule has 4 aromatic rings. The van der Waals surface area contributed by atoms with Gasteiger partial charge in [-0.3, -0.25) is 4.79 Å². The van der Waals surface area contributed by atoms with E-state index >= 15 is 0 Å². The molecule has 0 saturated heterocycles. The topological polar surface area (TPSA) is 63.6 Å². The third kappa shape index (κ3) is 4.81. The van der Waals surface area contributed by atoms with Crippen LogP contribution in [0.2, 0.25) is 0 Å². The highest BCUT2D eigenvalue weighted by Gasteiger charge is 2.13. The van der Waals surface area contributed by atoms with E-state index in [2.05, 4.69) is 26.5 Å². The van der Waals surface area contributed by atoms with Crippen LogP contribution in [-0.4, -0.2) is 23.7 Å². The number of halogens is 1. The Hall–Kier alpha value is -3.51. The molecule has 31 heavy (non-hydrogen) atoms. The molecule has 1 N–H and O–H groups in total. The molecular formula is C25H20BrN3O2. The first-order valence-electron chi connectivity index (χ1n) is 9.86. The molecule has 1 aromatic heterocycles. The minimum atomic E-state index is -0.294. The molecule has 0 fully saturated rings. The number of hydrogen-bond acceptors (Lipinski definition) is 4. The van der Waals surface area contributed by atoms with Crippen molar-refractivity contribution in [2.24, 2.45) is 5.10 Å². The first-order valence-corrected chi connectivity index (χ1v) is 10.7. The first kappa shape index (κ1) is 20.8. The Morgan fingerprint density at radius 3 is 2.61 bits per heavy atom. The van der Waals surface area contributed by atoms with Crippen LogP contribution in [0.1, 0.15) is 22.8 Å². The number of rotatable bonds is 6. The number of fused-ring (bicyclic) bond motifs is 1. The largest absolute Gasteiger partial charge is 0.493 e. The molecule has 3 aromatic carbocycles. The molecule has 4 rings (SSSR count). The summed E-state index contributed by atoms with van der Waals surface area (Å²) in [7, 11) is 0. The number of para-hydroxylation sites is 1. The van der Waals surface area contributed by atoms with Crippen molar-refractivity contribution in [1.29, 1.82) is 0 Å². The van der Waals surface area contributed by atoms with Gasteiger partial charge in [0, 0.05) is 10.9 Å². The zero-order valence-corrected chi connectivity index (χ0v) is 18.5. The quantitative estimate of drug-likeness (QED) is 0.283. The van der Waals surface area contributed by atoms with Crippen LogP contribution in [0.25, 0.3) is 22.2 Å². The number of benzene rings is 3. The Kier molecular flexibility index (Phi) is 6.38. The van der Waals surface area contributed by atoms with E-state index in [1.807, 2.05) is 79.7 Å². The number of hydrogen-bond donors (Lipinski definition) is 1. The second-order valence-electron chi connectivity index (χ2n) is 6.76. The van der Waals surface area contributed by atoms with Gasteiger partial charge in [-0.15, -0.1) is 0 Å². The molecule has 0 spiro atoms. The summed E-state index contributed by atoms with van der Waals surface area (Å²) in [6, 6.07) is 24.8. The van der Waals surface area contributed by atoms with Crippen LogP contribution in [0, 0.1) is 0 Å². The van der Waals surface area contributed by atoms with Crippen molar-refractivity contribution in [2.75, 3.05) is 6.61 Å². The summed E-state index contributed by atoms with van der Waals surface area (Å²) in [6.07, 6.45) is 1.60. The summed E-state index contributed by atoms with van der Waals surface area (Å²) < 4.78 is 6.34. The average Bonchev–Trinajstić information content (AvgIpc) is 2.80. The number of ether oxygens (including phenoxy) is 1. The molecule has 0 aliphatic rings. The van der Waals surface area contributed by atoms with Gasteiger partial charge in [0.25, 0.3) is 5.91 Å². The number of amides is 1. The summed E-state index contributed by atoms with van der Waals surface area (Å²) in [5, 5.41) is 4.91. The molecule has 0 unspecified atom stereocenters. The zero-order chi connectivity index (χ0) is 21.6. The molecule has 0 atom stereocenters. The molecule has 0 aliphatic heterocycles. The summed E-state index contributed by atoms with van der Waals surface area (Å²) in [5.41, 5.74) is 6.44. The maximum atomic E-state index is 13.0. The lowest BCUT2D eigenvalue weighted by Gasteiger charge is -2.09. The highest BCUT2D eigenvalue weighted by molar-refractivity contribution is 9.10. The second-order valence-corrected chi connectivity index (χ2v) is 7.61. The van der Waals surface area contributed by atoms with E-state index in [0.29, 0.717) is 12.2 Å². The number of hydrazone groups is 1. The molecule has 1 heterocycles. The lowest BCUT2D eigenvalue weighted by Crippen LogP contribution is -2.18. The minimum absolute atomic E-state index is 0.294. The molecule has 5 nitrogen and oxygen atoms in total. The van der Waals surface area contributed by atoms with Crippen molar-refractivity contribution in [2.45, 2.75) is 6.92 Å². The van der Waals surface area contributed by atoms with Gasteiger partial charge in [-0.2, -0.15) is 5.10 Å². The normalized spacial score (nSPS) is 11.0. The van der Waals surface area contributed by atoms with Crippen molar-refractivity contribution >= 4 is 39.0 Å². The molecule has 1 amide bonds. The smallest absolute Gasteiger partial charge is 0.272 e. The van der Waals surface area contributed by atoms with Gasteiger partial charge in [-0.05, 0) is 58.7 Å². The molecule has 154 valence electrons. The fraction of sp³-hybridized carbons (Fsp3) is 0.0800. The number of carbonyl (C=O) groups is 1. The first-order chi connectivity index (χ1) is 15.2. The lowest BCUT2D eigenvalue weighted by atomic mass is 10.0. The van der Waals surface area contributed by atoms with Crippen LogP contribution >= 0.6 is 15.9 Å². The maximum Gasteiger partial charge on any atom is 0.272 e. The molecule has 0 bridgehead atoms. The zero-order valence-electron chi connectivity index (χ0n) is 16.9. The Balaban J connectivity index is 1.60. The van der Waals surface area contributed by atoms with Crippen LogP contribution in [0.5, 0.6) is 5.75 Å². The van der Waals surface area contributed by atoms with Crippen LogP contribution in [-0.2, 0) is 0 Å². The van der Waals surface area contributed by atoms with Gasteiger partial charge in [0.05, 0.1) is 34.1 Å². The fourth-order valence-corrected chi connectivity index (χ4v) is 3.73. The number of nitrogens with one attached hydrogen (secondary N) is 1. The van der Waals surface area contributed by atoms with E-state index in [0.717, 1.165) is 37.9 Å². The minimum Gasteiger partial charge on any atom is -0.493 e. The maximum absolute atomic E-state index is 13.0. The van der Waals surface area contributed by atoms with Gasteiger partial charge < -0.3 is 4.74 Å². The third-order valence-electron chi connectivity index (χ3n) is 4.67. The summed E-state index contributed by atoms with van der Waals surface area (Å²) in [4.78, 5) is 17.7. The summed E-state index contributed by atoms with van der Waals surface area (Å²) in [6.45, 7) is 2.52. The van der Waals surface area contributed by atoms with Crippen LogP contribution < -0.4 is 10.2 Å². The lowest BCUT2D eigenvalue weighted by molar-refractivity contribution is 0.0956. The van der Waals surface area contributed by atoms with Crippen molar-refractivity contribution in [3.63, 3.8) is 0 Å². The average molecular weight is 474 g/mol. The number of nitrogens with zero attached hydrogens (tertiary/aromatic N) is 2. The van der Waals surface area contributed by atoms with E-state index in [4.69, 9.17) is 9.72 Å². The van der Waals surface area contributed by atoms with Crippen molar-refractivity contribution in [3.05, 3.63) is 94.5 Å². The number of pyridine rings is 1. The van der Waals surface area contributed by atoms with Crippen LogP contribution in [0.3, 0.4) is 0 Å². The van der Waals surface area contributed by atoms with Gasteiger partial charge in [-0.25, -0.2) is 10.4 Å². The monoisotopic (exact) mass is 473 g/mol. The number of aromatic nitrogens is 1. The van der Waals surface area contributed by atoms with E-state index in [1.165, 1.54) is 0 Å². The highest BCUT2D eigenvalue weighted by Crippen LogP contribution is 2.26. The van der Waals surface area contributed by atoms with E-state index < -0.39 is 0 Å².